The molecule has 1 aromatic carbocycles. The molecule has 132 valence electrons. The molecule has 1 saturated heterocycles. The van der Waals surface area contributed by atoms with Gasteiger partial charge in [0.25, 0.3) is 11.8 Å². The molecule has 4 aliphatic carbocycles. The van der Waals surface area contributed by atoms with E-state index < -0.39 is 0 Å². The minimum atomic E-state index is -0.245. The number of hydrogen-bond donors (Lipinski definition) is 0. The molecule has 6 atom stereocenters. The summed E-state index contributed by atoms with van der Waals surface area (Å²) in [5, 5.41) is 5.68. The first-order valence-electron chi connectivity index (χ1n) is 8.83. The third-order valence-corrected chi connectivity index (χ3v) is 6.77. The number of ether oxygens (including phenoxy) is 2. The van der Waals surface area contributed by atoms with Crippen molar-refractivity contribution in [1.29, 1.82) is 0 Å². The Bertz CT molecular complexity index is 890. The van der Waals surface area contributed by atoms with Crippen molar-refractivity contribution < 1.29 is 19.1 Å². The summed E-state index contributed by atoms with van der Waals surface area (Å²) in [6, 6.07) is 3.35. The number of carbonyl (C=O) groups excluding carboxylic acids is 2. The second-order valence-corrected chi connectivity index (χ2v) is 8.02. The van der Waals surface area contributed by atoms with E-state index in [4.69, 9.17) is 21.1 Å². The number of rotatable bonds is 2. The van der Waals surface area contributed by atoms with Gasteiger partial charge < -0.3 is 9.47 Å². The number of carbonyl (C=O) groups is 2. The van der Waals surface area contributed by atoms with E-state index in [0.29, 0.717) is 33.9 Å². The lowest BCUT2D eigenvalue weighted by molar-refractivity contribution is -0.140. The smallest absolute Gasteiger partial charge is 0.254 e. The molecule has 26 heavy (non-hydrogen) atoms. The highest BCUT2D eigenvalue weighted by Gasteiger charge is 2.67. The number of fused-ring (bicyclic) bond motifs is 1. The SMILES string of the molecule is O=C1C2C3C=CC(C4CC34)C2C(=O)N1N=Cc1cc2c(cc1Cl)OCO2. The van der Waals surface area contributed by atoms with E-state index in [-0.39, 0.29) is 42.3 Å². The molecule has 7 rings (SSSR count). The average Bonchev–Trinajstić information content (AvgIpc) is 3.29. The van der Waals surface area contributed by atoms with Crippen molar-refractivity contribution in [1.82, 2.24) is 5.01 Å². The summed E-state index contributed by atoms with van der Waals surface area (Å²) in [6.07, 6.45) is 6.89. The maximum atomic E-state index is 12.9. The van der Waals surface area contributed by atoms with Crippen molar-refractivity contribution in [3.63, 3.8) is 0 Å². The molecule has 2 amide bonds. The zero-order chi connectivity index (χ0) is 17.6. The zero-order valence-corrected chi connectivity index (χ0v) is 14.4. The fraction of sp³-hybridized carbons (Fsp3) is 0.421. The van der Waals surface area contributed by atoms with Gasteiger partial charge in [0.1, 0.15) is 0 Å². The molecular weight excluding hydrogens is 356 g/mol. The minimum absolute atomic E-state index is 0.150. The fourth-order valence-electron chi connectivity index (χ4n) is 5.21. The summed E-state index contributed by atoms with van der Waals surface area (Å²) in [5.41, 5.74) is 0.579. The first-order valence-corrected chi connectivity index (χ1v) is 9.20. The lowest BCUT2D eigenvalue weighted by Gasteiger charge is -2.37. The molecule has 6 unspecified atom stereocenters. The molecule has 7 heteroatoms. The van der Waals surface area contributed by atoms with Gasteiger partial charge in [-0.05, 0) is 36.2 Å². The van der Waals surface area contributed by atoms with Crippen LogP contribution in [0.15, 0.2) is 29.4 Å². The van der Waals surface area contributed by atoms with Gasteiger partial charge in [0.2, 0.25) is 6.79 Å². The fourth-order valence-corrected chi connectivity index (χ4v) is 5.41. The van der Waals surface area contributed by atoms with E-state index in [1.807, 2.05) is 0 Å². The number of allylic oxidation sites excluding steroid dienone is 2. The second-order valence-electron chi connectivity index (χ2n) is 7.61. The van der Waals surface area contributed by atoms with Crippen molar-refractivity contribution >= 4 is 29.6 Å². The predicted octanol–water partition coefficient (Wildman–Crippen LogP) is 2.46. The monoisotopic (exact) mass is 370 g/mol. The molecule has 0 spiro atoms. The van der Waals surface area contributed by atoms with Crippen LogP contribution in [-0.4, -0.2) is 29.8 Å². The van der Waals surface area contributed by atoms with Crippen LogP contribution in [0.2, 0.25) is 5.02 Å². The summed E-state index contributed by atoms with van der Waals surface area (Å²) >= 11 is 6.24. The van der Waals surface area contributed by atoms with E-state index in [1.54, 1.807) is 12.1 Å². The van der Waals surface area contributed by atoms with Gasteiger partial charge in [-0.1, -0.05) is 23.8 Å². The van der Waals surface area contributed by atoms with Gasteiger partial charge in [-0.25, -0.2) is 0 Å². The highest BCUT2D eigenvalue weighted by molar-refractivity contribution is 6.33. The Hall–Kier alpha value is -2.34. The van der Waals surface area contributed by atoms with Gasteiger partial charge in [0, 0.05) is 11.6 Å². The van der Waals surface area contributed by atoms with Crippen LogP contribution in [-0.2, 0) is 9.59 Å². The van der Waals surface area contributed by atoms with E-state index in [0.717, 1.165) is 11.4 Å². The maximum absolute atomic E-state index is 12.9. The molecule has 2 saturated carbocycles. The number of hydrazone groups is 1. The third-order valence-electron chi connectivity index (χ3n) is 6.44. The Labute approximate surface area is 154 Å². The Balaban J connectivity index is 1.32. The summed E-state index contributed by atoms with van der Waals surface area (Å²) < 4.78 is 10.6. The van der Waals surface area contributed by atoms with Gasteiger partial charge in [-0.15, -0.1) is 0 Å². The lowest BCUT2D eigenvalue weighted by atomic mass is 9.63. The number of hydrogen-bond acceptors (Lipinski definition) is 5. The number of amides is 2. The topological polar surface area (TPSA) is 68.2 Å². The summed E-state index contributed by atoms with van der Waals surface area (Å²) in [5.74, 6) is 1.85. The van der Waals surface area contributed by atoms with Crippen LogP contribution in [0.1, 0.15) is 12.0 Å². The summed E-state index contributed by atoms with van der Waals surface area (Å²) in [7, 11) is 0. The quantitative estimate of drug-likeness (QED) is 0.455. The summed E-state index contributed by atoms with van der Waals surface area (Å²) in [4.78, 5) is 25.8. The van der Waals surface area contributed by atoms with Crippen LogP contribution in [0.5, 0.6) is 11.5 Å². The molecule has 2 bridgehead atoms. The standard InChI is InChI=1S/C19H15ClN2O4/c20-13-5-15-14(25-7-26-15)3-8(13)6-21-22-18(23)16-9-1-2-10(12-4-11(9)12)17(16)19(22)24/h1-3,5-6,9-12,16-17H,4,7H2. The van der Waals surface area contributed by atoms with Crippen LogP contribution >= 0.6 is 11.6 Å². The first kappa shape index (κ1) is 14.8. The Morgan fingerprint density at radius 3 is 2.31 bits per heavy atom. The van der Waals surface area contributed by atoms with Crippen LogP contribution in [0.25, 0.3) is 0 Å². The van der Waals surface area contributed by atoms with Crippen LogP contribution in [0, 0.1) is 35.5 Å². The summed E-state index contributed by atoms with van der Waals surface area (Å²) in [6.45, 7) is 0.150. The van der Waals surface area contributed by atoms with Gasteiger partial charge in [0.15, 0.2) is 11.5 Å². The molecule has 3 fully saturated rings. The minimum Gasteiger partial charge on any atom is -0.454 e. The average molecular weight is 371 g/mol. The molecule has 0 radical (unpaired) electrons. The van der Waals surface area contributed by atoms with Crippen LogP contribution in [0.4, 0.5) is 0 Å². The van der Waals surface area contributed by atoms with Crippen molar-refractivity contribution in [2.45, 2.75) is 6.42 Å². The van der Waals surface area contributed by atoms with E-state index in [2.05, 4.69) is 17.3 Å². The van der Waals surface area contributed by atoms with E-state index >= 15 is 0 Å². The number of benzene rings is 1. The van der Waals surface area contributed by atoms with Crippen LogP contribution < -0.4 is 9.47 Å². The van der Waals surface area contributed by atoms with Crippen molar-refractivity contribution in [2.24, 2.45) is 40.6 Å². The molecule has 0 aromatic heterocycles. The number of halogens is 1. The second kappa shape index (κ2) is 4.88. The number of imide groups is 1. The van der Waals surface area contributed by atoms with Gasteiger partial charge >= 0.3 is 0 Å². The van der Waals surface area contributed by atoms with Gasteiger partial charge in [-0.2, -0.15) is 10.1 Å². The molecule has 2 heterocycles. The van der Waals surface area contributed by atoms with Crippen LogP contribution in [0.3, 0.4) is 0 Å². The van der Waals surface area contributed by atoms with E-state index in [9.17, 15) is 9.59 Å². The third kappa shape index (κ3) is 1.80. The molecule has 1 aromatic rings. The first-order chi connectivity index (χ1) is 12.6. The van der Waals surface area contributed by atoms with Crippen molar-refractivity contribution in [2.75, 3.05) is 6.79 Å². The molecule has 0 N–H and O–H groups in total. The van der Waals surface area contributed by atoms with Gasteiger partial charge in [0.05, 0.1) is 23.1 Å². The van der Waals surface area contributed by atoms with Crippen molar-refractivity contribution in [3.05, 3.63) is 34.9 Å². The Morgan fingerprint density at radius 1 is 1.04 bits per heavy atom. The molecule has 6 nitrogen and oxygen atoms in total. The normalized spacial score (nSPS) is 38.3. The van der Waals surface area contributed by atoms with Gasteiger partial charge in [-0.3, -0.25) is 9.59 Å². The number of nitrogens with zero attached hydrogens (tertiary/aromatic N) is 2. The predicted molar refractivity (Wildman–Crippen MR) is 91.7 cm³/mol. The molecular formula is C19H15ClN2O4. The largest absolute Gasteiger partial charge is 0.454 e. The maximum Gasteiger partial charge on any atom is 0.254 e. The highest BCUT2D eigenvalue weighted by Crippen LogP contribution is 2.65. The molecule has 6 aliphatic rings. The van der Waals surface area contributed by atoms with E-state index in [1.165, 1.54) is 6.21 Å². The Morgan fingerprint density at radius 2 is 1.65 bits per heavy atom. The molecule has 2 aliphatic heterocycles. The lowest BCUT2D eigenvalue weighted by Crippen LogP contribution is -2.40. The highest BCUT2D eigenvalue weighted by atomic mass is 35.5. The van der Waals surface area contributed by atoms with Crippen molar-refractivity contribution in [3.8, 4) is 11.5 Å². The Kier molecular flexibility index (Phi) is 2.78. The zero-order valence-electron chi connectivity index (χ0n) is 13.7.